The first-order valence-corrected chi connectivity index (χ1v) is 7.77. The van der Waals surface area contributed by atoms with Crippen molar-refractivity contribution < 1.29 is 19.1 Å². The van der Waals surface area contributed by atoms with E-state index in [4.69, 9.17) is 4.74 Å². The molecule has 0 unspecified atom stereocenters. The Kier molecular flexibility index (Phi) is 5.59. The highest BCUT2D eigenvalue weighted by atomic mass is 16.5. The van der Waals surface area contributed by atoms with Gasteiger partial charge in [0.25, 0.3) is 0 Å². The molecular formula is C15H24N2O4. The molecule has 118 valence electrons. The van der Waals surface area contributed by atoms with Crippen molar-refractivity contribution in [2.75, 3.05) is 13.7 Å². The fourth-order valence-corrected chi connectivity index (χ4v) is 3.54. The molecule has 1 heterocycles. The lowest BCUT2D eigenvalue weighted by Gasteiger charge is -2.33. The van der Waals surface area contributed by atoms with Crippen molar-refractivity contribution in [3.8, 4) is 0 Å². The second-order valence-corrected chi connectivity index (χ2v) is 5.87. The van der Waals surface area contributed by atoms with E-state index < -0.39 is 12.1 Å². The van der Waals surface area contributed by atoms with Crippen molar-refractivity contribution >= 4 is 18.3 Å². The molecular weight excluding hydrogens is 272 g/mol. The van der Waals surface area contributed by atoms with Gasteiger partial charge in [-0.05, 0) is 31.6 Å². The summed E-state index contributed by atoms with van der Waals surface area (Å²) in [6.45, 7) is 0.558. The molecule has 2 aliphatic rings. The average molecular weight is 296 g/mol. The number of ether oxygens (including phenoxy) is 1. The Hall–Kier alpha value is -1.59. The van der Waals surface area contributed by atoms with Gasteiger partial charge in [-0.25, -0.2) is 4.79 Å². The second-order valence-electron chi connectivity index (χ2n) is 5.87. The summed E-state index contributed by atoms with van der Waals surface area (Å²) in [5.41, 5.74) is 0. The molecule has 1 aliphatic carbocycles. The summed E-state index contributed by atoms with van der Waals surface area (Å²) in [6.07, 6.45) is 7.31. The SMILES string of the molecule is COC(=O)[C@@H]1CCCN1C(=O)[C@@H](NC=O)C1CCCCC1. The Morgan fingerprint density at radius 2 is 1.90 bits per heavy atom. The summed E-state index contributed by atoms with van der Waals surface area (Å²) in [4.78, 5) is 37.0. The highest BCUT2D eigenvalue weighted by Crippen LogP contribution is 2.29. The minimum absolute atomic E-state index is 0.137. The number of methoxy groups -OCH3 is 1. The molecule has 1 aliphatic heterocycles. The smallest absolute Gasteiger partial charge is 0.328 e. The number of likely N-dealkylation sites (tertiary alicyclic amines) is 1. The maximum absolute atomic E-state index is 12.8. The summed E-state index contributed by atoms with van der Waals surface area (Å²) < 4.78 is 4.78. The van der Waals surface area contributed by atoms with E-state index in [0.717, 1.165) is 32.1 Å². The number of rotatable bonds is 5. The molecule has 2 atom stereocenters. The summed E-state index contributed by atoms with van der Waals surface area (Å²) in [6, 6.07) is -1.00. The van der Waals surface area contributed by atoms with Crippen molar-refractivity contribution in [3.63, 3.8) is 0 Å². The fraction of sp³-hybridized carbons (Fsp3) is 0.800. The van der Waals surface area contributed by atoms with E-state index in [1.807, 2.05) is 0 Å². The van der Waals surface area contributed by atoms with Crippen LogP contribution in [0.5, 0.6) is 0 Å². The van der Waals surface area contributed by atoms with Crippen LogP contribution < -0.4 is 5.32 Å². The molecule has 6 heteroatoms. The van der Waals surface area contributed by atoms with Gasteiger partial charge < -0.3 is 15.0 Å². The number of nitrogens with one attached hydrogen (secondary N) is 1. The predicted molar refractivity (Wildman–Crippen MR) is 76.3 cm³/mol. The quantitative estimate of drug-likeness (QED) is 0.603. The highest BCUT2D eigenvalue weighted by molar-refractivity contribution is 5.89. The van der Waals surface area contributed by atoms with Crippen LogP contribution in [0, 0.1) is 5.92 Å². The van der Waals surface area contributed by atoms with Gasteiger partial charge in [-0.3, -0.25) is 9.59 Å². The zero-order chi connectivity index (χ0) is 15.2. The van der Waals surface area contributed by atoms with E-state index >= 15 is 0 Å². The summed E-state index contributed by atoms with van der Waals surface area (Å²) in [7, 11) is 1.34. The maximum atomic E-state index is 12.8. The Morgan fingerprint density at radius 3 is 2.52 bits per heavy atom. The second kappa shape index (κ2) is 7.43. The summed E-state index contributed by atoms with van der Waals surface area (Å²) >= 11 is 0. The van der Waals surface area contributed by atoms with E-state index in [1.165, 1.54) is 13.5 Å². The first kappa shape index (κ1) is 15.8. The third kappa shape index (κ3) is 3.54. The van der Waals surface area contributed by atoms with E-state index in [9.17, 15) is 14.4 Å². The number of carbonyl (C=O) groups excluding carboxylic acids is 3. The number of hydrogen-bond acceptors (Lipinski definition) is 4. The highest BCUT2D eigenvalue weighted by Gasteiger charge is 2.40. The number of nitrogens with zero attached hydrogens (tertiary/aromatic N) is 1. The largest absolute Gasteiger partial charge is 0.467 e. The van der Waals surface area contributed by atoms with E-state index in [1.54, 1.807) is 4.90 Å². The molecule has 1 N–H and O–H groups in total. The van der Waals surface area contributed by atoms with Gasteiger partial charge in [0.1, 0.15) is 12.1 Å². The molecule has 2 rings (SSSR count). The zero-order valence-electron chi connectivity index (χ0n) is 12.5. The molecule has 0 aromatic heterocycles. The van der Waals surface area contributed by atoms with Gasteiger partial charge in [-0.1, -0.05) is 19.3 Å². The Morgan fingerprint density at radius 1 is 1.19 bits per heavy atom. The molecule has 0 spiro atoms. The Labute approximate surface area is 125 Å². The van der Waals surface area contributed by atoms with Crippen LogP contribution in [0.25, 0.3) is 0 Å². The molecule has 6 nitrogen and oxygen atoms in total. The minimum atomic E-state index is -0.506. The van der Waals surface area contributed by atoms with Crippen LogP contribution in [0.1, 0.15) is 44.9 Å². The van der Waals surface area contributed by atoms with E-state index in [-0.39, 0.29) is 17.8 Å². The lowest BCUT2D eigenvalue weighted by Crippen LogP contribution is -2.53. The van der Waals surface area contributed by atoms with Gasteiger partial charge in [0, 0.05) is 6.54 Å². The fourth-order valence-electron chi connectivity index (χ4n) is 3.54. The van der Waals surface area contributed by atoms with Crippen LogP contribution in [0.15, 0.2) is 0 Å². The molecule has 1 saturated carbocycles. The molecule has 1 saturated heterocycles. The lowest BCUT2D eigenvalue weighted by atomic mass is 9.83. The average Bonchev–Trinajstić information content (AvgIpc) is 3.01. The van der Waals surface area contributed by atoms with Gasteiger partial charge in [0.15, 0.2) is 0 Å². The Bertz CT molecular complexity index is 393. The topological polar surface area (TPSA) is 75.7 Å². The third-order valence-electron chi connectivity index (χ3n) is 4.64. The predicted octanol–water partition coefficient (Wildman–Crippen LogP) is 0.845. The van der Waals surface area contributed by atoms with Crippen LogP contribution in [0.4, 0.5) is 0 Å². The summed E-state index contributed by atoms with van der Waals surface area (Å²) in [5, 5.41) is 2.68. The van der Waals surface area contributed by atoms with Crippen molar-refractivity contribution in [1.82, 2.24) is 10.2 Å². The van der Waals surface area contributed by atoms with Gasteiger partial charge in [0.2, 0.25) is 12.3 Å². The molecule has 0 radical (unpaired) electrons. The van der Waals surface area contributed by atoms with Crippen molar-refractivity contribution in [2.24, 2.45) is 5.92 Å². The van der Waals surface area contributed by atoms with Crippen molar-refractivity contribution in [3.05, 3.63) is 0 Å². The van der Waals surface area contributed by atoms with Crippen LogP contribution in [0.2, 0.25) is 0 Å². The van der Waals surface area contributed by atoms with Gasteiger partial charge in [0.05, 0.1) is 7.11 Å². The lowest BCUT2D eigenvalue weighted by molar-refractivity contribution is -0.152. The first-order chi connectivity index (χ1) is 10.2. The number of carbonyl (C=O) groups is 3. The standard InChI is InChI=1S/C15H24N2O4/c1-21-15(20)12-8-5-9-17(12)14(19)13(16-10-18)11-6-3-2-4-7-11/h10-13H,2-9H2,1H3,(H,16,18)/t12-,13-/m0/s1. The number of esters is 1. The molecule has 0 aromatic carbocycles. The minimum Gasteiger partial charge on any atom is -0.467 e. The van der Waals surface area contributed by atoms with E-state index in [0.29, 0.717) is 19.4 Å². The maximum Gasteiger partial charge on any atom is 0.328 e. The molecule has 2 amide bonds. The molecule has 2 fully saturated rings. The number of hydrogen-bond donors (Lipinski definition) is 1. The van der Waals surface area contributed by atoms with Crippen LogP contribution in [-0.2, 0) is 19.1 Å². The first-order valence-electron chi connectivity index (χ1n) is 7.77. The van der Waals surface area contributed by atoms with Crippen molar-refractivity contribution in [2.45, 2.75) is 57.0 Å². The van der Waals surface area contributed by atoms with Crippen LogP contribution in [0.3, 0.4) is 0 Å². The van der Waals surface area contributed by atoms with Crippen LogP contribution in [-0.4, -0.2) is 48.9 Å². The molecule has 0 aromatic rings. The van der Waals surface area contributed by atoms with Crippen LogP contribution >= 0.6 is 0 Å². The van der Waals surface area contributed by atoms with Gasteiger partial charge in [-0.15, -0.1) is 0 Å². The van der Waals surface area contributed by atoms with Crippen molar-refractivity contribution in [1.29, 1.82) is 0 Å². The third-order valence-corrected chi connectivity index (χ3v) is 4.64. The van der Waals surface area contributed by atoms with Gasteiger partial charge >= 0.3 is 5.97 Å². The molecule has 21 heavy (non-hydrogen) atoms. The van der Waals surface area contributed by atoms with E-state index in [2.05, 4.69) is 5.32 Å². The number of amides is 2. The normalized spacial score (nSPS) is 24.4. The zero-order valence-corrected chi connectivity index (χ0v) is 12.5. The molecule has 0 bridgehead atoms. The summed E-state index contributed by atoms with van der Waals surface area (Å²) in [5.74, 6) is -0.327. The Balaban J connectivity index is 2.09. The van der Waals surface area contributed by atoms with Gasteiger partial charge in [-0.2, -0.15) is 0 Å². The monoisotopic (exact) mass is 296 g/mol.